The minimum absolute atomic E-state index is 0.00236. The van der Waals surface area contributed by atoms with Gasteiger partial charge in [0.15, 0.2) is 5.69 Å². The van der Waals surface area contributed by atoms with Crippen LogP contribution in [0.2, 0.25) is 0 Å². The minimum atomic E-state index is -4.80. The Morgan fingerprint density at radius 3 is 2.23 bits per heavy atom. The van der Waals surface area contributed by atoms with Crippen LogP contribution in [0, 0.1) is 17.0 Å². The molecule has 0 fully saturated rings. The van der Waals surface area contributed by atoms with Crippen LogP contribution in [0.25, 0.3) is 28.6 Å². The van der Waals surface area contributed by atoms with E-state index in [1.807, 2.05) is 19.1 Å². The molecular formula is C19H12F3N5O3. The summed E-state index contributed by atoms with van der Waals surface area (Å²) in [5.41, 5.74) is -0.211. The van der Waals surface area contributed by atoms with Crippen molar-refractivity contribution in [3.63, 3.8) is 0 Å². The van der Waals surface area contributed by atoms with Crippen molar-refractivity contribution in [3.8, 4) is 28.6 Å². The van der Waals surface area contributed by atoms with Crippen LogP contribution in [0.15, 0.2) is 59.1 Å². The Morgan fingerprint density at radius 1 is 1.00 bits per heavy atom. The van der Waals surface area contributed by atoms with E-state index in [9.17, 15) is 23.3 Å². The molecular weight excluding hydrogens is 403 g/mol. The molecule has 11 heteroatoms. The van der Waals surface area contributed by atoms with Crippen molar-refractivity contribution in [2.75, 3.05) is 0 Å². The lowest BCUT2D eigenvalue weighted by atomic mass is 10.1. The second-order valence-electron chi connectivity index (χ2n) is 6.37. The topological polar surface area (TPSA) is 99.9 Å². The van der Waals surface area contributed by atoms with E-state index in [0.29, 0.717) is 10.2 Å². The lowest BCUT2D eigenvalue weighted by Crippen LogP contribution is -2.14. The van der Waals surface area contributed by atoms with Gasteiger partial charge in [-0.3, -0.25) is 10.1 Å². The molecule has 0 saturated carbocycles. The fourth-order valence-corrected chi connectivity index (χ4v) is 2.83. The van der Waals surface area contributed by atoms with Gasteiger partial charge in [-0.25, -0.2) is 4.68 Å². The van der Waals surface area contributed by atoms with Crippen LogP contribution in [-0.2, 0) is 6.18 Å². The summed E-state index contributed by atoms with van der Waals surface area (Å²) in [5.74, 6) is -0.271. The molecule has 0 aliphatic carbocycles. The van der Waals surface area contributed by atoms with Crippen LogP contribution < -0.4 is 0 Å². The maximum atomic E-state index is 13.8. The van der Waals surface area contributed by atoms with Crippen LogP contribution >= 0.6 is 0 Å². The predicted molar refractivity (Wildman–Crippen MR) is 98.7 cm³/mol. The SMILES string of the molecule is Cc1ccc(-c2nnc(-c3cnn(-c4ccc([N+](=O)[O-])cc4)c3C(F)(F)F)o2)cc1. The predicted octanol–water partition coefficient (Wildman–Crippen LogP) is 4.82. The van der Waals surface area contributed by atoms with Gasteiger partial charge < -0.3 is 4.42 Å². The van der Waals surface area contributed by atoms with E-state index in [2.05, 4.69) is 15.3 Å². The highest BCUT2D eigenvalue weighted by molar-refractivity contribution is 5.61. The second-order valence-corrected chi connectivity index (χ2v) is 6.37. The lowest BCUT2D eigenvalue weighted by molar-refractivity contribution is -0.384. The fraction of sp³-hybridized carbons (Fsp3) is 0.105. The Bertz CT molecular complexity index is 1210. The standard InChI is InChI=1S/C19H12F3N5O3/c1-11-2-4-12(5-3-11)17-24-25-18(30-17)15-10-23-26(16(15)19(20,21)22)13-6-8-14(9-7-13)27(28)29/h2-10H,1H3. The maximum absolute atomic E-state index is 13.8. The van der Waals surface area contributed by atoms with Gasteiger partial charge >= 0.3 is 6.18 Å². The number of nitro benzene ring substituents is 1. The second kappa shape index (κ2) is 7.10. The highest BCUT2D eigenvalue weighted by atomic mass is 19.4. The van der Waals surface area contributed by atoms with Crippen LogP contribution in [0.5, 0.6) is 0 Å². The summed E-state index contributed by atoms with van der Waals surface area (Å²) in [6, 6.07) is 11.6. The summed E-state index contributed by atoms with van der Waals surface area (Å²) < 4.78 is 47.6. The van der Waals surface area contributed by atoms with Crippen LogP contribution in [-0.4, -0.2) is 24.9 Å². The number of nitrogens with zero attached hydrogens (tertiary/aromatic N) is 5. The quantitative estimate of drug-likeness (QED) is 0.350. The number of aryl methyl sites for hydroxylation is 1. The minimum Gasteiger partial charge on any atom is -0.416 e. The van der Waals surface area contributed by atoms with E-state index in [4.69, 9.17) is 4.42 Å². The lowest BCUT2D eigenvalue weighted by Gasteiger charge is -2.11. The third-order valence-electron chi connectivity index (χ3n) is 4.30. The first-order chi connectivity index (χ1) is 14.2. The van der Waals surface area contributed by atoms with Crippen molar-refractivity contribution < 1.29 is 22.5 Å². The summed E-state index contributed by atoms with van der Waals surface area (Å²) in [6.07, 6.45) is -3.83. The molecule has 0 bridgehead atoms. The molecule has 30 heavy (non-hydrogen) atoms. The molecule has 0 amide bonds. The molecule has 0 radical (unpaired) electrons. The molecule has 2 heterocycles. The maximum Gasteiger partial charge on any atom is 0.434 e. The molecule has 0 unspecified atom stereocenters. The molecule has 2 aromatic carbocycles. The van der Waals surface area contributed by atoms with Gasteiger partial charge in [-0.2, -0.15) is 18.3 Å². The van der Waals surface area contributed by atoms with Crippen LogP contribution in [0.1, 0.15) is 11.3 Å². The van der Waals surface area contributed by atoms with Crippen molar-refractivity contribution in [2.24, 2.45) is 0 Å². The van der Waals surface area contributed by atoms with Gasteiger partial charge in [-0.05, 0) is 31.2 Å². The Balaban J connectivity index is 1.78. The Kier molecular flexibility index (Phi) is 4.57. The third kappa shape index (κ3) is 3.52. The van der Waals surface area contributed by atoms with Gasteiger partial charge in [-0.1, -0.05) is 17.7 Å². The average molecular weight is 415 g/mol. The molecule has 2 aromatic heterocycles. The summed E-state index contributed by atoms with van der Waals surface area (Å²) in [7, 11) is 0. The monoisotopic (exact) mass is 415 g/mol. The van der Waals surface area contributed by atoms with E-state index in [1.165, 1.54) is 12.1 Å². The number of hydrogen-bond acceptors (Lipinski definition) is 6. The number of benzene rings is 2. The molecule has 4 rings (SSSR count). The van der Waals surface area contributed by atoms with Crippen molar-refractivity contribution in [3.05, 3.63) is 76.1 Å². The zero-order valence-corrected chi connectivity index (χ0v) is 15.3. The summed E-state index contributed by atoms with van der Waals surface area (Å²) in [6.45, 7) is 1.89. The van der Waals surface area contributed by atoms with Crippen LogP contribution in [0.3, 0.4) is 0 Å². The first-order valence-electron chi connectivity index (χ1n) is 8.55. The Hall–Kier alpha value is -4.02. The smallest absolute Gasteiger partial charge is 0.416 e. The van der Waals surface area contributed by atoms with Crippen molar-refractivity contribution in [1.29, 1.82) is 0 Å². The number of non-ortho nitro benzene ring substituents is 1. The molecule has 0 spiro atoms. The fourth-order valence-electron chi connectivity index (χ4n) is 2.83. The van der Waals surface area contributed by atoms with Gasteiger partial charge in [0.25, 0.3) is 11.6 Å². The summed E-state index contributed by atoms with van der Waals surface area (Å²) >= 11 is 0. The molecule has 8 nitrogen and oxygen atoms in total. The normalized spacial score (nSPS) is 11.6. The summed E-state index contributed by atoms with van der Waals surface area (Å²) in [5, 5.41) is 22.2. The third-order valence-corrected chi connectivity index (χ3v) is 4.30. The average Bonchev–Trinajstić information content (AvgIpc) is 3.35. The molecule has 0 aliphatic heterocycles. The van der Waals surface area contributed by atoms with Gasteiger partial charge in [0.2, 0.25) is 5.89 Å². The molecule has 0 atom stereocenters. The molecule has 0 N–H and O–H groups in total. The number of alkyl halides is 3. The van der Waals surface area contributed by atoms with Crippen molar-refractivity contribution >= 4 is 5.69 Å². The number of halogens is 3. The van der Waals surface area contributed by atoms with E-state index in [-0.39, 0.29) is 23.2 Å². The first-order valence-corrected chi connectivity index (χ1v) is 8.55. The Morgan fingerprint density at radius 2 is 1.63 bits per heavy atom. The number of nitro groups is 1. The van der Waals surface area contributed by atoms with E-state index in [1.54, 1.807) is 12.1 Å². The van der Waals surface area contributed by atoms with Gasteiger partial charge in [-0.15, -0.1) is 10.2 Å². The van der Waals surface area contributed by atoms with Crippen LogP contribution in [0.4, 0.5) is 18.9 Å². The molecule has 4 aromatic rings. The Labute approximate surface area is 166 Å². The van der Waals surface area contributed by atoms with E-state index in [0.717, 1.165) is 23.9 Å². The van der Waals surface area contributed by atoms with E-state index < -0.39 is 22.4 Å². The molecule has 0 saturated heterocycles. The van der Waals surface area contributed by atoms with Gasteiger partial charge in [0.1, 0.15) is 0 Å². The summed E-state index contributed by atoms with van der Waals surface area (Å²) in [4.78, 5) is 10.1. The molecule has 152 valence electrons. The first kappa shape index (κ1) is 19.3. The number of rotatable bonds is 4. The number of hydrogen-bond donors (Lipinski definition) is 0. The zero-order valence-electron chi connectivity index (χ0n) is 15.3. The number of aromatic nitrogens is 4. The largest absolute Gasteiger partial charge is 0.434 e. The van der Waals surface area contributed by atoms with Gasteiger partial charge in [0, 0.05) is 17.7 Å². The molecule has 0 aliphatic rings. The highest BCUT2D eigenvalue weighted by Crippen LogP contribution is 2.38. The van der Waals surface area contributed by atoms with E-state index >= 15 is 0 Å². The van der Waals surface area contributed by atoms with Crippen molar-refractivity contribution in [1.82, 2.24) is 20.0 Å². The van der Waals surface area contributed by atoms with Crippen molar-refractivity contribution in [2.45, 2.75) is 13.1 Å². The zero-order chi connectivity index (χ0) is 21.5. The highest BCUT2D eigenvalue weighted by Gasteiger charge is 2.40. The van der Waals surface area contributed by atoms with Gasteiger partial charge in [0.05, 0.1) is 22.4 Å².